The first kappa shape index (κ1) is 29.0. The van der Waals surface area contributed by atoms with Crippen LogP contribution in [-0.4, -0.2) is 61.9 Å². The fourth-order valence-electron chi connectivity index (χ4n) is 3.89. The number of amides is 1. The number of sulfone groups is 1. The third-order valence-corrected chi connectivity index (χ3v) is 8.41. The van der Waals surface area contributed by atoms with Crippen molar-refractivity contribution in [3.8, 4) is 0 Å². The van der Waals surface area contributed by atoms with Crippen molar-refractivity contribution in [2.24, 2.45) is 0 Å². The number of nitro benzene ring substituents is 1. The number of carbonyl (C=O) groups is 2. The minimum Gasteiger partial charge on any atom is -0.324 e. The molecule has 2 aromatic carbocycles. The topological polar surface area (TPSA) is 167 Å². The average molecular weight is 581 g/mol. The number of halogens is 3. The quantitative estimate of drug-likeness (QED) is 0.134. The third kappa shape index (κ3) is 6.11. The molecule has 1 heterocycles. The van der Waals surface area contributed by atoms with Gasteiger partial charge < -0.3 is 4.90 Å². The molecule has 206 valence electrons. The Morgan fingerprint density at radius 1 is 1.11 bits per heavy atom. The summed E-state index contributed by atoms with van der Waals surface area (Å²) in [5, 5.41) is 11.5. The molecule has 1 fully saturated rings. The zero-order valence-corrected chi connectivity index (χ0v) is 21.0. The molecule has 12 nitrogen and oxygen atoms in total. The fourth-order valence-corrected chi connectivity index (χ4v) is 5.92. The van der Waals surface area contributed by atoms with E-state index in [1.54, 1.807) is 6.92 Å². The molecule has 0 aliphatic carbocycles. The molecule has 0 bridgehead atoms. The van der Waals surface area contributed by atoms with E-state index in [0.717, 1.165) is 11.6 Å². The first-order valence-corrected chi connectivity index (χ1v) is 13.6. The van der Waals surface area contributed by atoms with E-state index in [-0.39, 0.29) is 10.5 Å². The minimum absolute atomic E-state index is 0.0124. The number of nitrogens with zero attached hydrogens (tertiary/aromatic N) is 2. The highest BCUT2D eigenvalue weighted by Gasteiger charge is 2.55. The van der Waals surface area contributed by atoms with Gasteiger partial charge in [0.1, 0.15) is 6.54 Å². The number of carbonyl (C=O) groups excluding carboxylic acids is 2. The molecule has 1 aliphatic heterocycles. The van der Waals surface area contributed by atoms with Crippen molar-refractivity contribution in [2.45, 2.75) is 35.7 Å². The lowest BCUT2D eigenvalue weighted by Crippen LogP contribution is -2.68. The second kappa shape index (κ2) is 10.3. The Labute approximate surface area is 214 Å². The van der Waals surface area contributed by atoms with Crippen LogP contribution >= 0.6 is 0 Å². The average Bonchev–Trinajstić information content (AvgIpc) is 2.80. The van der Waals surface area contributed by atoms with Gasteiger partial charge in [0, 0.05) is 18.1 Å². The predicted octanol–water partition coefficient (Wildman–Crippen LogP) is 2.22. The Morgan fingerprint density at radius 3 is 2.26 bits per heavy atom. The molecule has 3 rings (SSSR count). The van der Waals surface area contributed by atoms with E-state index >= 15 is 0 Å². The number of benzene rings is 2. The molecular weight excluding hydrogens is 561 g/mol. The van der Waals surface area contributed by atoms with Crippen LogP contribution < -0.4 is 0 Å². The molecule has 1 atom stereocenters. The summed E-state index contributed by atoms with van der Waals surface area (Å²) >= 11 is 0. The molecule has 0 radical (unpaired) electrons. The van der Waals surface area contributed by atoms with Crippen molar-refractivity contribution in [3.05, 3.63) is 69.8 Å². The SMILES string of the molecule is Cc1ccc(S(=O)(=O)CC2(Cc3ccccc3[N+](=O)[O-])CC(=O)N2CC(=O)OOS(=O)(=O)C(F)(F)F)cc1. The molecule has 38 heavy (non-hydrogen) atoms. The van der Waals surface area contributed by atoms with Gasteiger partial charge in [-0.25, -0.2) is 13.2 Å². The monoisotopic (exact) mass is 580 g/mol. The number of hydrogen-bond acceptors (Lipinski definition) is 10. The molecule has 2 aromatic rings. The maximum Gasteiger partial charge on any atom is 0.526 e. The van der Waals surface area contributed by atoms with E-state index in [2.05, 4.69) is 9.22 Å². The van der Waals surface area contributed by atoms with E-state index in [1.165, 1.54) is 42.5 Å². The van der Waals surface area contributed by atoms with Crippen LogP contribution in [0.15, 0.2) is 53.4 Å². The summed E-state index contributed by atoms with van der Waals surface area (Å²) in [6.45, 7) is 0.516. The number of para-hydroxylation sites is 1. The van der Waals surface area contributed by atoms with Gasteiger partial charge in [-0.3, -0.25) is 19.8 Å². The van der Waals surface area contributed by atoms with Crippen molar-refractivity contribution < 1.29 is 53.7 Å². The maximum atomic E-state index is 13.2. The Hall–Kier alpha value is -3.57. The summed E-state index contributed by atoms with van der Waals surface area (Å²) in [4.78, 5) is 39.6. The largest absolute Gasteiger partial charge is 0.526 e. The second-order valence-electron chi connectivity index (χ2n) is 8.44. The fraction of sp³-hybridized carbons (Fsp3) is 0.333. The van der Waals surface area contributed by atoms with Crippen LogP contribution in [0, 0.1) is 17.0 Å². The van der Waals surface area contributed by atoms with E-state index in [4.69, 9.17) is 0 Å². The number of aryl methyl sites for hydroxylation is 1. The Kier molecular flexibility index (Phi) is 7.86. The molecular formula is C21H19F3N2O10S2. The summed E-state index contributed by atoms with van der Waals surface area (Å²) in [6.07, 6.45) is -0.935. The maximum absolute atomic E-state index is 13.2. The van der Waals surface area contributed by atoms with Crippen LogP contribution in [-0.2, 0) is 45.2 Å². The summed E-state index contributed by atoms with van der Waals surface area (Å²) < 4.78 is 89.0. The Balaban J connectivity index is 1.95. The molecule has 1 unspecified atom stereocenters. The normalized spacial score (nSPS) is 18.1. The lowest BCUT2D eigenvalue weighted by Gasteiger charge is -2.51. The van der Waals surface area contributed by atoms with Crippen molar-refractivity contribution in [1.29, 1.82) is 0 Å². The van der Waals surface area contributed by atoms with Gasteiger partial charge in [-0.1, -0.05) is 35.9 Å². The van der Waals surface area contributed by atoms with Crippen molar-refractivity contribution in [1.82, 2.24) is 4.90 Å². The predicted molar refractivity (Wildman–Crippen MR) is 121 cm³/mol. The summed E-state index contributed by atoms with van der Waals surface area (Å²) in [7, 11) is -10.5. The molecule has 0 aromatic heterocycles. The van der Waals surface area contributed by atoms with Gasteiger partial charge in [-0.15, -0.1) is 0 Å². The standard InChI is InChI=1S/C21H19F3N2O10S2/c1-14-6-8-16(9-7-14)37(31,32)13-20(10-15-4-2-3-5-17(15)26(29)30)11-18(27)25(20)12-19(28)35-36-38(33,34)21(22,23)24/h2-9H,10-13H2,1H3. The molecule has 1 aliphatic rings. The van der Waals surface area contributed by atoms with Crippen LogP contribution in [0.4, 0.5) is 18.9 Å². The summed E-state index contributed by atoms with van der Waals surface area (Å²) in [5.74, 6) is -3.42. The van der Waals surface area contributed by atoms with Crippen molar-refractivity contribution in [3.63, 3.8) is 0 Å². The number of β-lactam (4-membered cyclic amide) rings is 1. The molecule has 17 heteroatoms. The molecule has 0 saturated carbocycles. The molecule has 0 N–H and O–H groups in total. The van der Waals surface area contributed by atoms with E-state index in [9.17, 15) is 49.7 Å². The van der Waals surface area contributed by atoms with Crippen LogP contribution in [0.3, 0.4) is 0 Å². The highest BCUT2D eigenvalue weighted by Crippen LogP contribution is 2.39. The summed E-state index contributed by atoms with van der Waals surface area (Å²) in [6, 6.07) is 10.9. The molecule has 0 spiro atoms. The van der Waals surface area contributed by atoms with Gasteiger partial charge >= 0.3 is 21.6 Å². The number of hydrogen-bond donors (Lipinski definition) is 0. The van der Waals surface area contributed by atoms with Crippen LogP contribution in [0.2, 0.25) is 0 Å². The van der Waals surface area contributed by atoms with Gasteiger partial charge in [0.05, 0.1) is 27.5 Å². The van der Waals surface area contributed by atoms with Crippen LogP contribution in [0.25, 0.3) is 0 Å². The van der Waals surface area contributed by atoms with Crippen molar-refractivity contribution >= 4 is 37.5 Å². The Bertz CT molecular complexity index is 1480. The third-order valence-electron chi connectivity index (χ3n) is 5.69. The smallest absolute Gasteiger partial charge is 0.324 e. The van der Waals surface area contributed by atoms with Crippen LogP contribution in [0.5, 0.6) is 0 Å². The molecule has 1 saturated heterocycles. The number of likely N-dealkylation sites (tertiary alicyclic amines) is 1. The van der Waals surface area contributed by atoms with Gasteiger partial charge in [0.25, 0.3) is 5.69 Å². The van der Waals surface area contributed by atoms with Crippen LogP contribution in [0.1, 0.15) is 17.5 Å². The van der Waals surface area contributed by atoms with E-state index in [0.29, 0.717) is 4.90 Å². The number of nitro groups is 1. The van der Waals surface area contributed by atoms with Gasteiger partial charge in [0.15, 0.2) is 9.84 Å². The number of alkyl halides is 3. The van der Waals surface area contributed by atoms with Gasteiger partial charge in [-0.2, -0.15) is 21.6 Å². The Morgan fingerprint density at radius 2 is 1.71 bits per heavy atom. The summed E-state index contributed by atoms with van der Waals surface area (Å²) in [5.41, 5.74) is -7.32. The second-order valence-corrected chi connectivity index (χ2v) is 11.9. The minimum atomic E-state index is -6.31. The number of rotatable bonds is 10. The van der Waals surface area contributed by atoms with Gasteiger partial charge in [0.2, 0.25) is 5.91 Å². The van der Waals surface area contributed by atoms with E-state index < -0.39 is 78.6 Å². The highest BCUT2D eigenvalue weighted by atomic mass is 32.2. The zero-order valence-electron chi connectivity index (χ0n) is 19.4. The zero-order chi connectivity index (χ0) is 28.5. The van der Waals surface area contributed by atoms with Gasteiger partial charge in [-0.05, 0) is 23.4 Å². The molecule has 1 amide bonds. The van der Waals surface area contributed by atoms with Crippen molar-refractivity contribution in [2.75, 3.05) is 12.3 Å². The van der Waals surface area contributed by atoms with E-state index in [1.807, 2.05) is 0 Å². The first-order chi connectivity index (χ1) is 17.5. The lowest BCUT2D eigenvalue weighted by atomic mass is 9.79. The highest BCUT2D eigenvalue weighted by molar-refractivity contribution is 7.91. The first-order valence-electron chi connectivity index (χ1n) is 10.5. The lowest BCUT2D eigenvalue weighted by molar-refractivity contribution is -0.385.